The van der Waals surface area contributed by atoms with Gasteiger partial charge in [0.25, 0.3) is 0 Å². The number of hydrogen-bond donors (Lipinski definition) is 0. The fourth-order valence-electron chi connectivity index (χ4n) is 7.70. The second-order valence-corrected chi connectivity index (χ2v) is 16.8. The van der Waals surface area contributed by atoms with Crippen molar-refractivity contribution in [2.75, 3.05) is 26.7 Å². The summed E-state index contributed by atoms with van der Waals surface area (Å²) in [5, 5.41) is 1.17. The normalized spacial score (nSPS) is 20.4. The van der Waals surface area contributed by atoms with Crippen molar-refractivity contribution in [1.82, 2.24) is 19.7 Å². The molecule has 0 unspecified atom stereocenters. The third kappa shape index (κ3) is 7.96. The smallest absolute Gasteiger partial charge is 0.326 e. The van der Waals surface area contributed by atoms with E-state index >= 15 is 4.79 Å². The summed E-state index contributed by atoms with van der Waals surface area (Å²) in [5.74, 6) is 0.737. The molecule has 4 aromatic rings. The van der Waals surface area contributed by atoms with Gasteiger partial charge >= 0.3 is 6.03 Å². The number of halogens is 3. The lowest BCUT2D eigenvalue weighted by atomic mass is 9.71. The molecule has 8 nitrogen and oxygen atoms in total. The molecule has 3 aromatic carbocycles. The van der Waals surface area contributed by atoms with Crippen LogP contribution in [0.5, 0.6) is 5.75 Å². The van der Waals surface area contributed by atoms with Gasteiger partial charge in [0, 0.05) is 72.1 Å². The van der Waals surface area contributed by atoms with Gasteiger partial charge in [-0.25, -0.2) is 9.18 Å². The van der Waals surface area contributed by atoms with E-state index < -0.39 is 11.1 Å². The van der Waals surface area contributed by atoms with Crippen molar-refractivity contribution in [2.45, 2.75) is 83.8 Å². The second kappa shape index (κ2) is 15.9. The fourth-order valence-corrected chi connectivity index (χ4v) is 7.95. The molecule has 0 N–H and O–H groups in total. The molecule has 0 radical (unpaired) electrons. The Kier molecular flexibility index (Phi) is 11.7. The lowest BCUT2D eigenvalue weighted by molar-refractivity contribution is -0.131. The highest BCUT2D eigenvalue weighted by molar-refractivity contribution is 6.30. The summed E-state index contributed by atoms with van der Waals surface area (Å²) < 4.78 is 20.6. The fraction of sp³-hybridized carbons (Fsp3) is 0.409. The maximum atomic E-state index is 15.3. The number of hydrogen-bond acceptors (Lipinski definition) is 5. The van der Waals surface area contributed by atoms with Crippen LogP contribution >= 0.6 is 23.2 Å². The number of benzene rings is 3. The van der Waals surface area contributed by atoms with Crippen molar-refractivity contribution < 1.29 is 18.7 Å². The molecule has 2 aliphatic rings. The number of likely N-dealkylation sites (tertiary alicyclic amines) is 1. The van der Waals surface area contributed by atoms with Gasteiger partial charge in [-0.1, -0.05) is 86.4 Å². The first-order valence-electron chi connectivity index (χ1n) is 18.9. The van der Waals surface area contributed by atoms with Crippen LogP contribution in [0.15, 0.2) is 90.1 Å². The van der Waals surface area contributed by atoms with E-state index in [2.05, 4.69) is 20.8 Å². The zero-order chi connectivity index (χ0) is 39.7. The average Bonchev–Trinajstić information content (AvgIpc) is 3.40. The molecule has 55 heavy (non-hydrogen) atoms. The van der Waals surface area contributed by atoms with E-state index in [1.807, 2.05) is 85.2 Å². The van der Waals surface area contributed by atoms with Crippen LogP contribution in [0.4, 0.5) is 9.18 Å². The zero-order valence-corrected chi connectivity index (χ0v) is 34.2. The summed E-state index contributed by atoms with van der Waals surface area (Å²) in [5.41, 5.74) is 1.35. The van der Waals surface area contributed by atoms with Crippen molar-refractivity contribution in [2.24, 2.45) is 10.9 Å². The number of piperidine rings is 1. The Balaban J connectivity index is 1.37. The maximum Gasteiger partial charge on any atom is 0.326 e. The van der Waals surface area contributed by atoms with Gasteiger partial charge < -0.3 is 14.5 Å². The SMILES string of the molecule is CCOc1cc(C(C)(C)C)ncc1C1=N[C@@](C)(c2ccc(Cl)cc2)[C@@](C)(c2ccc(Cl)cc2)N1C(=O)N1CCC(CC(=O)N(C)Cc2ccccc2F)CC1. The van der Waals surface area contributed by atoms with E-state index in [1.165, 1.54) is 6.07 Å². The second-order valence-electron chi connectivity index (χ2n) is 15.9. The number of rotatable bonds is 9. The standard InChI is InChI=1S/C44H50Cl2FN5O3/c1-8-55-37-26-38(42(2,3)4)48-27-35(37)40-49-43(5,31-13-17-33(45)18-14-31)44(6,32-15-19-34(46)20-16-32)52(40)41(54)51-23-21-29(22-24-51)25-39(53)50(7)28-30-11-9-10-12-36(30)47/h9-20,26-27,29H,8,21-25,28H2,1-7H3/t43-,44+/m0/s1. The highest BCUT2D eigenvalue weighted by atomic mass is 35.5. The summed E-state index contributed by atoms with van der Waals surface area (Å²) in [6.07, 6.45) is 3.38. The Labute approximate surface area is 334 Å². The first-order chi connectivity index (χ1) is 26.1. The number of amides is 3. The van der Waals surface area contributed by atoms with Crippen molar-refractivity contribution in [3.63, 3.8) is 0 Å². The molecule has 1 aromatic heterocycles. The molecule has 1 saturated heterocycles. The van der Waals surface area contributed by atoms with Gasteiger partial charge in [0.05, 0.1) is 12.2 Å². The lowest BCUT2D eigenvalue weighted by Gasteiger charge is -2.47. The van der Waals surface area contributed by atoms with Gasteiger partial charge in [0.15, 0.2) is 0 Å². The summed E-state index contributed by atoms with van der Waals surface area (Å²) in [4.78, 5) is 44.3. The summed E-state index contributed by atoms with van der Waals surface area (Å²) in [7, 11) is 1.70. The quantitative estimate of drug-likeness (QED) is 0.169. The minimum atomic E-state index is -1.06. The molecule has 0 bridgehead atoms. The van der Waals surface area contributed by atoms with Crippen LogP contribution in [0.1, 0.15) is 88.8 Å². The van der Waals surface area contributed by atoms with Gasteiger partial charge in [-0.3, -0.25) is 19.7 Å². The minimum absolute atomic E-state index is 0.0503. The molecule has 11 heteroatoms. The number of ether oxygens (including phenoxy) is 1. The molecule has 2 atom stereocenters. The zero-order valence-electron chi connectivity index (χ0n) is 32.7. The molecule has 290 valence electrons. The summed E-state index contributed by atoms with van der Waals surface area (Å²) in [6, 6.07) is 23.4. The molecule has 3 heterocycles. The Bertz CT molecular complexity index is 2060. The third-order valence-corrected chi connectivity index (χ3v) is 11.8. The minimum Gasteiger partial charge on any atom is -0.493 e. The van der Waals surface area contributed by atoms with Crippen LogP contribution in [-0.2, 0) is 27.8 Å². The van der Waals surface area contributed by atoms with Gasteiger partial charge in [-0.05, 0) is 81.0 Å². The van der Waals surface area contributed by atoms with Crippen molar-refractivity contribution in [3.05, 3.63) is 129 Å². The molecule has 0 spiro atoms. The first kappa shape index (κ1) is 40.2. The highest BCUT2D eigenvalue weighted by Crippen LogP contribution is 2.54. The highest BCUT2D eigenvalue weighted by Gasteiger charge is 2.60. The van der Waals surface area contributed by atoms with E-state index in [-0.39, 0.29) is 35.6 Å². The van der Waals surface area contributed by atoms with Crippen molar-refractivity contribution in [3.8, 4) is 5.75 Å². The van der Waals surface area contributed by atoms with E-state index in [0.717, 1.165) is 16.8 Å². The van der Waals surface area contributed by atoms with Crippen molar-refractivity contribution >= 4 is 41.0 Å². The Hall–Kier alpha value is -4.47. The predicted molar refractivity (Wildman–Crippen MR) is 217 cm³/mol. The van der Waals surface area contributed by atoms with Crippen LogP contribution in [0.25, 0.3) is 0 Å². The Morgan fingerprint density at radius 2 is 1.55 bits per heavy atom. The largest absolute Gasteiger partial charge is 0.493 e. The molecule has 1 fully saturated rings. The predicted octanol–water partition coefficient (Wildman–Crippen LogP) is 10.00. The average molecular weight is 787 g/mol. The van der Waals surface area contributed by atoms with Crippen LogP contribution in [0, 0.1) is 11.7 Å². The number of carbonyl (C=O) groups excluding carboxylic acids is 2. The molecule has 0 saturated carbocycles. The van der Waals surface area contributed by atoms with E-state index in [0.29, 0.717) is 71.7 Å². The van der Waals surface area contributed by atoms with E-state index in [9.17, 15) is 9.18 Å². The number of carbonyl (C=O) groups is 2. The van der Waals surface area contributed by atoms with Gasteiger partial charge in [-0.2, -0.15) is 0 Å². The molecule has 2 aliphatic heterocycles. The third-order valence-electron chi connectivity index (χ3n) is 11.3. The molecule has 0 aliphatic carbocycles. The van der Waals surface area contributed by atoms with E-state index in [4.69, 9.17) is 37.9 Å². The van der Waals surface area contributed by atoms with Crippen LogP contribution in [0.2, 0.25) is 10.0 Å². The van der Waals surface area contributed by atoms with Crippen molar-refractivity contribution in [1.29, 1.82) is 0 Å². The van der Waals surface area contributed by atoms with Gasteiger partial charge in [-0.15, -0.1) is 0 Å². The molecular weight excluding hydrogens is 736 g/mol. The first-order valence-corrected chi connectivity index (χ1v) is 19.6. The monoisotopic (exact) mass is 785 g/mol. The number of amidine groups is 1. The van der Waals surface area contributed by atoms with Crippen LogP contribution in [-0.4, -0.2) is 64.2 Å². The number of aliphatic imine (C=N–C) groups is 1. The maximum absolute atomic E-state index is 15.3. The summed E-state index contributed by atoms with van der Waals surface area (Å²) in [6.45, 7) is 13.8. The topological polar surface area (TPSA) is 78.3 Å². The molecule has 6 rings (SSSR count). The Morgan fingerprint density at radius 3 is 2.13 bits per heavy atom. The van der Waals surface area contributed by atoms with Gasteiger partial charge in [0.1, 0.15) is 28.5 Å². The number of pyridine rings is 1. The lowest BCUT2D eigenvalue weighted by Crippen LogP contribution is -2.59. The number of aromatic nitrogens is 1. The van der Waals surface area contributed by atoms with Crippen LogP contribution < -0.4 is 4.74 Å². The molecule has 3 amide bonds. The van der Waals surface area contributed by atoms with E-state index in [1.54, 1.807) is 36.3 Å². The van der Waals surface area contributed by atoms with Crippen LogP contribution in [0.3, 0.4) is 0 Å². The summed E-state index contributed by atoms with van der Waals surface area (Å²) >= 11 is 12.8. The number of urea groups is 1. The Morgan fingerprint density at radius 1 is 0.945 bits per heavy atom. The van der Waals surface area contributed by atoms with Gasteiger partial charge in [0.2, 0.25) is 5.91 Å². The number of nitrogens with zero attached hydrogens (tertiary/aromatic N) is 5. The molecular formula is C44H50Cl2FN5O3.